The van der Waals surface area contributed by atoms with Gasteiger partial charge in [-0.25, -0.2) is 0 Å². The van der Waals surface area contributed by atoms with Crippen LogP contribution in [0.5, 0.6) is 17.2 Å². The van der Waals surface area contributed by atoms with E-state index in [-0.39, 0.29) is 24.4 Å². The molecule has 27 heavy (non-hydrogen) atoms. The Morgan fingerprint density at radius 2 is 1.63 bits per heavy atom. The molecule has 1 aliphatic carbocycles. The number of esters is 1. The van der Waals surface area contributed by atoms with Gasteiger partial charge < -0.3 is 23.8 Å². The molecule has 1 heterocycles. The number of amides is 1. The molecule has 2 fully saturated rings. The smallest absolute Gasteiger partial charge is 0.311 e. The van der Waals surface area contributed by atoms with E-state index in [1.165, 1.54) is 27.8 Å². The maximum atomic E-state index is 12.5. The first-order chi connectivity index (χ1) is 13.1. The van der Waals surface area contributed by atoms with Gasteiger partial charge in [0.1, 0.15) is 6.10 Å². The molecule has 0 N–H and O–H groups in total. The topological polar surface area (TPSA) is 74.3 Å². The summed E-state index contributed by atoms with van der Waals surface area (Å²) in [6, 6.07) is 3.43. The summed E-state index contributed by atoms with van der Waals surface area (Å²) < 4.78 is 21.7. The summed E-state index contributed by atoms with van der Waals surface area (Å²) in [6.07, 6.45) is 5.38. The molecule has 1 aromatic rings. The number of hydrogen-bond acceptors (Lipinski definition) is 6. The quantitative estimate of drug-likeness (QED) is 0.710. The number of ether oxygens (including phenoxy) is 4. The fraction of sp³-hybridized carbons (Fsp3) is 0.600. The first-order valence-electron chi connectivity index (χ1n) is 9.38. The molecular weight excluding hydrogens is 350 g/mol. The van der Waals surface area contributed by atoms with E-state index >= 15 is 0 Å². The molecule has 0 radical (unpaired) electrons. The lowest BCUT2D eigenvalue weighted by Crippen LogP contribution is -2.29. The summed E-state index contributed by atoms with van der Waals surface area (Å²) in [5.41, 5.74) is 0.613. The highest BCUT2D eigenvalue weighted by atomic mass is 16.5. The molecule has 0 spiro atoms. The van der Waals surface area contributed by atoms with E-state index in [0.717, 1.165) is 25.7 Å². The van der Waals surface area contributed by atoms with E-state index < -0.39 is 5.92 Å². The number of rotatable bonds is 6. The second-order valence-electron chi connectivity index (χ2n) is 6.99. The molecule has 0 aromatic heterocycles. The van der Waals surface area contributed by atoms with Gasteiger partial charge in [-0.15, -0.1) is 0 Å². The van der Waals surface area contributed by atoms with Crippen molar-refractivity contribution in [1.82, 2.24) is 0 Å². The lowest BCUT2D eigenvalue weighted by molar-refractivity contribution is -0.155. The summed E-state index contributed by atoms with van der Waals surface area (Å²) in [7, 11) is 4.58. The maximum absolute atomic E-state index is 12.5. The van der Waals surface area contributed by atoms with Gasteiger partial charge >= 0.3 is 5.97 Å². The van der Waals surface area contributed by atoms with Crippen LogP contribution in [0.15, 0.2) is 12.1 Å². The summed E-state index contributed by atoms with van der Waals surface area (Å²) >= 11 is 0. The van der Waals surface area contributed by atoms with Crippen molar-refractivity contribution in [2.45, 2.75) is 44.6 Å². The van der Waals surface area contributed by atoms with Gasteiger partial charge in [0.25, 0.3) is 0 Å². The predicted molar refractivity (Wildman–Crippen MR) is 99.5 cm³/mol. The molecule has 0 bridgehead atoms. The van der Waals surface area contributed by atoms with Gasteiger partial charge in [0.2, 0.25) is 11.7 Å². The molecule has 2 aliphatic rings. The SMILES string of the molecule is COc1cc(N2C[C@H](C(=O)OC3CCCCC3)CC2=O)cc(OC)c1OC. The highest BCUT2D eigenvalue weighted by Crippen LogP contribution is 2.42. The van der Waals surface area contributed by atoms with Gasteiger partial charge in [0.05, 0.1) is 32.9 Å². The van der Waals surface area contributed by atoms with Crippen LogP contribution >= 0.6 is 0 Å². The van der Waals surface area contributed by atoms with Gasteiger partial charge in [0.15, 0.2) is 11.5 Å². The maximum Gasteiger partial charge on any atom is 0.311 e. The normalized spacial score (nSPS) is 20.5. The second kappa shape index (κ2) is 8.50. The lowest BCUT2D eigenvalue weighted by atomic mass is 9.97. The summed E-state index contributed by atoms with van der Waals surface area (Å²) in [5, 5.41) is 0. The van der Waals surface area contributed by atoms with Crippen LogP contribution in [0.2, 0.25) is 0 Å². The van der Waals surface area contributed by atoms with Gasteiger partial charge in [-0.3, -0.25) is 9.59 Å². The highest BCUT2D eigenvalue weighted by molar-refractivity contribution is 6.00. The molecular formula is C20H27NO6. The van der Waals surface area contributed by atoms with E-state index in [1.54, 1.807) is 17.0 Å². The number of carbonyl (C=O) groups is 2. The van der Waals surface area contributed by atoms with Crippen LogP contribution in [0.1, 0.15) is 38.5 Å². The molecule has 7 heteroatoms. The minimum Gasteiger partial charge on any atom is -0.493 e. The monoisotopic (exact) mass is 377 g/mol. The summed E-state index contributed by atoms with van der Waals surface area (Å²) in [6.45, 7) is 0.295. The molecule has 148 valence electrons. The molecule has 1 amide bonds. The Morgan fingerprint density at radius 3 is 2.19 bits per heavy atom. The number of methoxy groups -OCH3 is 3. The van der Waals surface area contributed by atoms with Crippen molar-refractivity contribution in [1.29, 1.82) is 0 Å². The van der Waals surface area contributed by atoms with Crippen molar-refractivity contribution in [3.8, 4) is 17.2 Å². The van der Waals surface area contributed by atoms with E-state index in [1.807, 2.05) is 0 Å². The average Bonchev–Trinajstić information content (AvgIpc) is 3.09. The van der Waals surface area contributed by atoms with Crippen LogP contribution in [0.25, 0.3) is 0 Å². The Hall–Kier alpha value is -2.44. The second-order valence-corrected chi connectivity index (χ2v) is 6.99. The van der Waals surface area contributed by atoms with Crippen molar-refractivity contribution in [3.05, 3.63) is 12.1 Å². The molecule has 7 nitrogen and oxygen atoms in total. The Balaban J connectivity index is 1.74. The predicted octanol–water partition coefficient (Wildman–Crippen LogP) is 2.94. The van der Waals surface area contributed by atoms with Crippen LogP contribution in [-0.2, 0) is 14.3 Å². The van der Waals surface area contributed by atoms with E-state index in [0.29, 0.717) is 29.5 Å². The third kappa shape index (κ3) is 4.12. The Bertz CT molecular complexity index is 673. The first-order valence-corrected chi connectivity index (χ1v) is 9.38. The summed E-state index contributed by atoms with van der Waals surface area (Å²) in [4.78, 5) is 26.6. The standard InChI is InChI=1S/C20H27NO6/c1-24-16-10-14(11-17(25-2)19(16)26-3)21-12-13(9-18(21)22)20(23)27-15-7-5-4-6-8-15/h10-11,13,15H,4-9,12H2,1-3H3/t13-/m1/s1. The highest BCUT2D eigenvalue weighted by Gasteiger charge is 2.37. The van der Waals surface area contributed by atoms with Gasteiger partial charge in [-0.2, -0.15) is 0 Å². The fourth-order valence-electron chi connectivity index (χ4n) is 3.78. The zero-order valence-electron chi connectivity index (χ0n) is 16.2. The molecule has 3 rings (SSSR count). The number of hydrogen-bond donors (Lipinski definition) is 0. The zero-order chi connectivity index (χ0) is 19.4. The molecule has 0 unspecified atom stereocenters. The van der Waals surface area contributed by atoms with Crippen LogP contribution < -0.4 is 19.1 Å². The summed E-state index contributed by atoms with van der Waals surface area (Å²) in [5.74, 6) is 0.558. The van der Waals surface area contributed by atoms with Crippen LogP contribution in [-0.4, -0.2) is 45.9 Å². The van der Waals surface area contributed by atoms with Crippen LogP contribution in [0.3, 0.4) is 0 Å². The van der Waals surface area contributed by atoms with E-state index in [4.69, 9.17) is 18.9 Å². The minimum atomic E-state index is -0.446. The molecule has 1 aliphatic heterocycles. The number of carbonyl (C=O) groups excluding carboxylic acids is 2. The molecule has 1 saturated carbocycles. The zero-order valence-corrected chi connectivity index (χ0v) is 16.2. The van der Waals surface area contributed by atoms with Crippen LogP contribution in [0.4, 0.5) is 5.69 Å². The Morgan fingerprint density at radius 1 is 1.00 bits per heavy atom. The third-order valence-corrected chi connectivity index (χ3v) is 5.25. The van der Waals surface area contributed by atoms with Gasteiger partial charge in [0, 0.05) is 25.1 Å². The van der Waals surface area contributed by atoms with Crippen molar-refractivity contribution >= 4 is 17.6 Å². The Kier molecular flexibility index (Phi) is 6.08. The van der Waals surface area contributed by atoms with E-state index in [9.17, 15) is 9.59 Å². The van der Waals surface area contributed by atoms with Crippen molar-refractivity contribution in [2.75, 3.05) is 32.8 Å². The van der Waals surface area contributed by atoms with E-state index in [2.05, 4.69) is 0 Å². The fourth-order valence-corrected chi connectivity index (χ4v) is 3.78. The minimum absolute atomic E-state index is 0.00317. The number of nitrogens with zero attached hydrogens (tertiary/aromatic N) is 1. The lowest BCUT2D eigenvalue weighted by Gasteiger charge is -2.23. The first kappa shape index (κ1) is 19.3. The van der Waals surface area contributed by atoms with Gasteiger partial charge in [-0.1, -0.05) is 6.42 Å². The van der Waals surface area contributed by atoms with Crippen LogP contribution in [0, 0.1) is 5.92 Å². The largest absolute Gasteiger partial charge is 0.493 e. The number of benzene rings is 1. The van der Waals surface area contributed by atoms with Crippen molar-refractivity contribution < 1.29 is 28.5 Å². The average molecular weight is 377 g/mol. The molecule has 1 atom stereocenters. The third-order valence-electron chi connectivity index (χ3n) is 5.25. The number of anilines is 1. The molecule has 1 aromatic carbocycles. The molecule has 1 saturated heterocycles. The van der Waals surface area contributed by atoms with Gasteiger partial charge in [-0.05, 0) is 25.7 Å². The van der Waals surface area contributed by atoms with Crippen molar-refractivity contribution in [3.63, 3.8) is 0 Å². The van der Waals surface area contributed by atoms with Crippen molar-refractivity contribution in [2.24, 2.45) is 5.92 Å². The Labute approximate surface area is 159 Å².